The lowest BCUT2D eigenvalue weighted by atomic mass is 9.86. The van der Waals surface area contributed by atoms with Gasteiger partial charge in [-0.3, -0.25) is 4.79 Å². The summed E-state index contributed by atoms with van der Waals surface area (Å²) in [6, 6.07) is -0.431. The van der Waals surface area contributed by atoms with Crippen molar-refractivity contribution >= 4 is 11.9 Å². The van der Waals surface area contributed by atoms with Crippen LogP contribution in [0.2, 0.25) is 0 Å². The summed E-state index contributed by atoms with van der Waals surface area (Å²) in [6.07, 6.45) is 6.30. The van der Waals surface area contributed by atoms with Crippen LogP contribution < -0.4 is 11.1 Å². The van der Waals surface area contributed by atoms with E-state index in [0.717, 1.165) is 25.7 Å². The van der Waals surface area contributed by atoms with Gasteiger partial charge in [0.2, 0.25) is 5.91 Å². The summed E-state index contributed by atoms with van der Waals surface area (Å²) in [4.78, 5) is 25.1. The van der Waals surface area contributed by atoms with Gasteiger partial charge in [-0.25, -0.2) is 4.79 Å². The molecule has 1 heterocycles. The molecule has 3 N–H and O–H groups in total. The smallest absolute Gasteiger partial charge is 0.314 e. The predicted octanol–water partition coefficient (Wildman–Crippen LogP) is 1.10. The van der Waals surface area contributed by atoms with Crippen LogP contribution in [0.3, 0.4) is 0 Å². The number of piperidine rings is 1. The van der Waals surface area contributed by atoms with Gasteiger partial charge in [-0.15, -0.1) is 0 Å². The van der Waals surface area contributed by atoms with E-state index >= 15 is 0 Å². The third kappa shape index (κ3) is 4.09. The first kappa shape index (κ1) is 16.1. The number of carbonyl (C=O) groups is 2. The maximum atomic E-state index is 12.3. The zero-order chi connectivity index (χ0) is 15.3. The molecule has 120 valence electrons. The van der Waals surface area contributed by atoms with Crippen molar-refractivity contribution in [3.8, 4) is 0 Å². The summed E-state index contributed by atoms with van der Waals surface area (Å²) in [5, 5.41) is 3.08. The summed E-state index contributed by atoms with van der Waals surface area (Å²) in [7, 11) is 1.72. The van der Waals surface area contributed by atoms with Gasteiger partial charge in [0.25, 0.3) is 0 Å². The molecule has 1 aliphatic heterocycles. The number of nitrogens with zero attached hydrogens (tertiary/aromatic N) is 1. The van der Waals surface area contributed by atoms with Gasteiger partial charge >= 0.3 is 6.03 Å². The van der Waals surface area contributed by atoms with E-state index in [-0.39, 0.29) is 17.2 Å². The van der Waals surface area contributed by atoms with E-state index in [4.69, 9.17) is 10.5 Å². The van der Waals surface area contributed by atoms with Crippen molar-refractivity contribution < 1.29 is 14.3 Å². The lowest BCUT2D eigenvalue weighted by molar-refractivity contribution is -0.127. The number of ether oxygens (including phenoxy) is 1. The standard InChI is InChI=1S/C15H27N3O3/c1-21-11-15(6-2-3-7-15)10-17-13(19)12-5-4-8-18(9-12)14(16)20/h12H,2-11H2,1H3,(H2,16,20)(H,17,19). The third-order valence-electron chi connectivity index (χ3n) is 4.86. The van der Waals surface area contributed by atoms with Gasteiger partial charge in [0.05, 0.1) is 12.5 Å². The van der Waals surface area contributed by atoms with Crippen LogP contribution in [0.4, 0.5) is 4.79 Å². The molecule has 1 saturated carbocycles. The average molecular weight is 297 g/mol. The van der Waals surface area contributed by atoms with Gasteiger partial charge in [-0.1, -0.05) is 12.8 Å². The Kier molecular flexibility index (Phi) is 5.45. The van der Waals surface area contributed by atoms with Gasteiger partial charge in [-0.2, -0.15) is 0 Å². The third-order valence-corrected chi connectivity index (χ3v) is 4.86. The molecule has 2 aliphatic rings. The number of rotatable bonds is 5. The number of methoxy groups -OCH3 is 1. The van der Waals surface area contributed by atoms with Crippen LogP contribution >= 0.6 is 0 Å². The molecule has 6 heteroatoms. The molecule has 3 amide bonds. The Bertz CT molecular complexity index is 380. The van der Waals surface area contributed by atoms with Crippen molar-refractivity contribution in [1.82, 2.24) is 10.2 Å². The molecule has 1 aliphatic carbocycles. The zero-order valence-corrected chi connectivity index (χ0v) is 12.9. The van der Waals surface area contributed by atoms with Gasteiger partial charge in [0, 0.05) is 32.2 Å². The maximum Gasteiger partial charge on any atom is 0.314 e. The number of nitrogens with two attached hydrogens (primary N) is 1. The number of hydrogen-bond acceptors (Lipinski definition) is 3. The molecule has 0 aromatic heterocycles. The van der Waals surface area contributed by atoms with Crippen molar-refractivity contribution in [1.29, 1.82) is 0 Å². The molecule has 21 heavy (non-hydrogen) atoms. The molecule has 2 rings (SSSR count). The van der Waals surface area contributed by atoms with E-state index in [0.29, 0.717) is 26.2 Å². The van der Waals surface area contributed by atoms with E-state index in [1.165, 1.54) is 12.8 Å². The average Bonchev–Trinajstić information content (AvgIpc) is 2.94. The molecule has 0 aromatic carbocycles. The van der Waals surface area contributed by atoms with Gasteiger partial charge in [-0.05, 0) is 25.7 Å². The van der Waals surface area contributed by atoms with Crippen molar-refractivity contribution in [2.45, 2.75) is 38.5 Å². The van der Waals surface area contributed by atoms with Crippen LogP contribution in [0.15, 0.2) is 0 Å². The first-order valence-electron chi connectivity index (χ1n) is 7.87. The van der Waals surface area contributed by atoms with Crippen molar-refractivity contribution in [3.63, 3.8) is 0 Å². The Morgan fingerprint density at radius 2 is 2.05 bits per heavy atom. The van der Waals surface area contributed by atoms with Gasteiger partial charge < -0.3 is 20.7 Å². The fourth-order valence-corrected chi connectivity index (χ4v) is 3.61. The number of amides is 3. The number of hydrogen-bond donors (Lipinski definition) is 2. The Labute approximate surface area is 126 Å². The molecule has 0 spiro atoms. The second-order valence-electron chi connectivity index (χ2n) is 6.48. The topological polar surface area (TPSA) is 84.7 Å². The largest absolute Gasteiger partial charge is 0.384 e. The van der Waals surface area contributed by atoms with Crippen molar-refractivity contribution in [2.24, 2.45) is 17.1 Å². The highest BCUT2D eigenvalue weighted by molar-refractivity contribution is 5.80. The summed E-state index contributed by atoms with van der Waals surface area (Å²) < 4.78 is 5.33. The molecule has 6 nitrogen and oxygen atoms in total. The van der Waals surface area contributed by atoms with Crippen molar-refractivity contribution in [2.75, 3.05) is 33.4 Å². The molecule has 1 saturated heterocycles. The highest BCUT2D eigenvalue weighted by atomic mass is 16.5. The maximum absolute atomic E-state index is 12.3. The highest BCUT2D eigenvalue weighted by Gasteiger charge is 2.35. The van der Waals surface area contributed by atoms with E-state index in [9.17, 15) is 9.59 Å². The first-order valence-corrected chi connectivity index (χ1v) is 7.87. The van der Waals surface area contributed by atoms with Crippen LogP contribution in [0.25, 0.3) is 0 Å². The molecule has 0 aromatic rings. The lowest BCUT2D eigenvalue weighted by Gasteiger charge is -2.33. The minimum atomic E-state index is -0.431. The highest BCUT2D eigenvalue weighted by Crippen LogP contribution is 2.37. The zero-order valence-electron chi connectivity index (χ0n) is 12.9. The van der Waals surface area contributed by atoms with Crippen LogP contribution in [-0.2, 0) is 9.53 Å². The summed E-state index contributed by atoms with van der Waals surface area (Å²) in [5.74, 6) is -0.0874. The van der Waals surface area contributed by atoms with Crippen molar-refractivity contribution in [3.05, 3.63) is 0 Å². The minimum absolute atomic E-state index is 0.0447. The molecule has 2 fully saturated rings. The van der Waals surface area contributed by atoms with Gasteiger partial charge in [0.1, 0.15) is 0 Å². The Morgan fingerprint density at radius 3 is 2.67 bits per heavy atom. The number of likely N-dealkylation sites (tertiary alicyclic amines) is 1. The predicted molar refractivity (Wildman–Crippen MR) is 79.7 cm³/mol. The fourth-order valence-electron chi connectivity index (χ4n) is 3.61. The normalized spacial score (nSPS) is 24.8. The fraction of sp³-hybridized carbons (Fsp3) is 0.867. The Balaban J connectivity index is 1.84. The van der Waals surface area contributed by atoms with E-state index < -0.39 is 6.03 Å². The summed E-state index contributed by atoms with van der Waals surface area (Å²) >= 11 is 0. The summed E-state index contributed by atoms with van der Waals surface area (Å²) in [5.41, 5.74) is 5.40. The number of carbonyl (C=O) groups excluding carboxylic acids is 2. The molecule has 0 bridgehead atoms. The van der Waals surface area contributed by atoms with E-state index in [1.807, 2.05) is 0 Å². The number of urea groups is 1. The molecule has 1 atom stereocenters. The molecular weight excluding hydrogens is 270 g/mol. The monoisotopic (exact) mass is 297 g/mol. The molecular formula is C15H27N3O3. The van der Waals surface area contributed by atoms with Crippen LogP contribution in [0.1, 0.15) is 38.5 Å². The van der Waals surface area contributed by atoms with E-state index in [2.05, 4.69) is 5.32 Å². The lowest BCUT2D eigenvalue weighted by Crippen LogP contribution is -2.49. The van der Waals surface area contributed by atoms with Crippen LogP contribution in [-0.4, -0.2) is 50.2 Å². The number of primary amides is 1. The molecule has 0 radical (unpaired) electrons. The van der Waals surface area contributed by atoms with Crippen LogP contribution in [0, 0.1) is 11.3 Å². The number of nitrogens with one attached hydrogen (secondary N) is 1. The Hall–Kier alpha value is -1.30. The SMILES string of the molecule is COCC1(CNC(=O)C2CCCN(C(N)=O)C2)CCCC1. The van der Waals surface area contributed by atoms with E-state index in [1.54, 1.807) is 12.0 Å². The molecule has 1 unspecified atom stereocenters. The summed E-state index contributed by atoms with van der Waals surface area (Å²) in [6.45, 7) is 2.48. The Morgan fingerprint density at radius 1 is 1.33 bits per heavy atom. The second-order valence-corrected chi connectivity index (χ2v) is 6.48. The second kappa shape index (κ2) is 7.11. The quantitative estimate of drug-likeness (QED) is 0.797. The van der Waals surface area contributed by atoms with Crippen LogP contribution in [0.5, 0.6) is 0 Å². The van der Waals surface area contributed by atoms with Gasteiger partial charge in [0.15, 0.2) is 0 Å². The first-order chi connectivity index (χ1) is 10.1. The minimum Gasteiger partial charge on any atom is -0.384 e.